The van der Waals surface area contributed by atoms with Crippen molar-refractivity contribution in [2.75, 3.05) is 6.54 Å². The van der Waals surface area contributed by atoms with Gasteiger partial charge in [-0.25, -0.2) is 9.78 Å². The Balaban J connectivity index is 1.85. The lowest BCUT2D eigenvalue weighted by Gasteiger charge is -2.20. The maximum Gasteiger partial charge on any atom is 0.315 e. The first-order valence-electron chi connectivity index (χ1n) is 7.10. The molecule has 0 aliphatic carbocycles. The minimum absolute atomic E-state index is 0.152. The van der Waals surface area contributed by atoms with Crippen molar-refractivity contribution in [1.29, 1.82) is 0 Å². The fraction of sp³-hybridized carbons (Fsp3) is 0.375. The molecule has 0 saturated heterocycles. The number of thiazole rings is 1. The van der Waals surface area contributed by atoms with Crippen molar-refractivity contribution in [3.63, 3.8) is 0 Å². The third-order valence-corrected chi connectivity index (χ3v) is 3.99. The van der Waals surface area contributed by atoms with Crippen LogP contribution in [0.4, 0.5) is 4.79 Å². The highest BCUT2D eigenvalue weighted by atomic mass is 35.5. The second kappa shape index (κ2) is 7.11. The van der Waals surface area contributed by atoms with Gasteiger partial charge in [-0.3, -0.25) is 0 Å². The van der Waals surface area contributed by atoms with Gasteiger partial charge in [-0.1, -0.05) is 23.7 Å². The van der Waals surface area contributed by atoms with Gasteiger partial charge in [0.2, 0.25) is 0 Å². The van der Waals surface area contributed by atoms with Crippen LogP contribution in [0.15, 0.2) is 29.6 Å². The minimum atomic E-state index is -0.230. The molecule has 0 radical (unpaired) electrons. The van der Waals surface area contributed by atoms with E-state index in [4.69, 9.17) is 11.6 Å². The summed E-state index contributed by atoms with van der Waals surface area (Å²) in [5.74, 6) is 0. The molecule has 118 valence electrons. The highest BCUT2D eigenvalue weighted by Gasteiger charge is 2.13. The molecule has 0 bridgehead atoms. The van der Waals surface area contributed by atoms with Crippen molar-refractivity contribution in [3.8, 4) is 10.6 Å². The average Bonchev–Trinajstić information content (AvgIpc) is 2.86. The molecule has 0 atom stereocenters. The zero-order valence-corrected chi connectivity index (χ0v) is 14.5. The normalized spacial score (nSPS) is 11.3. The third-order valence-electron chi connectivity index (χ3n) is 2.80. The topological polar surface area (TPSA) is 54.0 Å². The third kappa shape index (κ3) is 5.31. The standard InChI is InChI=1S/C16H20ClN3OS/c1-16(2,3)20-15(21)18-9-8-13-10-22-14(19-13)11-4-6-12(17)7-5-11/h4-7,10H,8-9H2,1-3H3,(H2,18,20,21). The van der Waals surface area contributed by atoms with Crippen LogP contribution in [0.2, 0.25) is 5.02 Å². The number of nitrogens with zero attached hydrogens (tertiary/aromatic N) is 1. The average molecular weight is 338 g/mol. The lowest BCUT2D eigenvalue weighted by Crippen LogP contribution is -2.46. The van der Waals surface area contributed by atoms with Gasteiger partial charge in [0.05, 0.1) is 5.69 Å². The highest BCUT2D eigenvalue weighted by Crippen LogP contribution is 2.25. The number of amides is 2. The lowest BCUT2D eigenvalue weighted by atomic mass is 10.1. The number of hydrogen-bond donors (Lipinski definition) is 2. The van der Waals surface area contributed by atoms with Crippen LogP contribution in [0.1, 0.15) is 26.5 Å². The first-order chi connectivity index (χ1) is 10.3. The number of benzene rings is 1. The van der Waals surface area contributed by atoms with Crippen molar-refractivity contribution in [3.05, 3.63) is 40.4 Å². The van der Waals surface area contributed by atoms with Gasteiger partial charge < -0.3 is 10.6 Å². The van der Waals surface area contributed by atoms with E-state index in [1.54, 1.807) is 11.3 Å². The Morgan fingerprint density at radius 1 is 1.27 bits per heavy atom. The summed E-state index contributed by atoms with van der Waals surface area (Å²) in [6.07, 6.45) is 0.710. The predicted octanol–water partition coefficient (Wildman–Crippen LogP) is 4.10. The van der Waals surface area contributed by atoms with Crippen LogP contribution in [0.25, 0.3) is 10.6 Å². The number of carbonyl (C=O) groups excluding carboxylic acids is 1. The Bertz CT molecular complexity index is 632. The van der Waals surface area contributed by atoms with Gasteiger partial charge in [0.1, 0.15) is 5.01 Å². The van der Waals surface area contributed by atoms with E-state index in [1.807, 2.05) is 50.4 Å². The monoisotopic (exact) mass is 337 g/mol. The van der Waals surface area contributed by atoms with Crippen LogP contribution < -0.4 is 10.6 Å². The van der Waals surface area contributed by atoms with E-state index in [0.717, 1.165) is 21.3 Å². The Labute approximate surface area is 139 Å². The van der Waals surface area contributed by atoms with E-state index in [2.05, 4.69) is 15.6 Å². The maximum atomic E-state index is 11.7. The van der Waals surface area contributed by atoms with E-state index >= 15 is 0 Å². The quantitative estimate of drug-likeness (QED) is 0.882. The molecule has 1 aromatic carbocycles. The first kappa shape index (κ1) is 16.8. The van der Waals surface area contributed by atoms with Gasteiger partial charge in [-0.05, 0) is 32.9 Å². The summed E-state index contributed by atoms with van der Waals surface area (Å²) in [5.41, 5.74) is 1.80. The number of aromatic nitrogens is 1. The maximum absolute atomic E-state index is 11.7. The molecule has 2 rings (SSSR count). The van der Waals surface area contributed by atoms with E-state index in [0.29, 0.717) is 13.0 Å². The molecule has 0 aliphatic heterocycles. The molecule has 1 heterocycles. The Morgan fingerprint density at radius 3 is 2.59 bits per heavy atom. The molecule has 2 N–H and O–H groups in total. The number of nitrogens with one attached hydrogen (secondary N) is 2. The SMILES string of the molecule is CC(C)(C)NC(=O)NCCc1csc(-c2ccc(Cl)cc2)n1. The van der Waals surface area contributed by atoms with Crippen LogP contribution in [0.3, 0.4) is 0 Å². The summed E-state index contributed by atoms with van der Waals surface area (Å²) in [5, 5.41) is 9.40. The molecule has 2 amide bonds. The van der Waals surface area contributed by atoms with Gasteiger partial charge in [0, 0.05) is 34.5 Å². The number of halogens is 1. The molecule has 0 spiro atoms. The van der Waals surface area contributed by atoms with Crippen molar-refractivity contribution >= 4 is 29.0 Å². The summed E-state index contributed by atoms with van der Waals surface area (Å²) in [4.78, 5) is 16.2. The van der Waals surface area contributed by atoms with Gasteiger partial charge in [-0.15, -0.1) is 11.3 Å². The zero-order valence-electron chi connectivity index (χ0n) is 12.9. The highest BCUT2D eigenvalue weighted by molar-refractivity contribution is 7.13. The molecule has 6 heteroatoms. The number of urea groups is 1. The molecule has 0 aliphatic rings. The summed E-state index contributed by atoms with van der Waals surface area (Å²) in [6, 6.07) is 7.48. The Hall–Kier alpha value is -1.59. The number of carbonyl (C=O) groups is 1. The largest absolute Gasteiger partial charge is 0.338 e. The molecule has 4 nitrogen and oxygen atoms in total. The van der Waals surface area contributed by atoms with Crippen molar-refractivity contribution in [2.45, 2.75) is 32.7 Å². The van der Waals surface area contributed by atoms with E-state index < -0.39 is 0 Å². The summed E-state index contributed by atoms with van der Waals surface area (Å²) >= 11 is 7.48. The van der Waals surface area contributed by atoms with Gasteiger partial charge in [0.25, 0.3) is 0 Å². The minimum Gasteiger partial charge on any atom is -0.338 e. The predicted molar refractivity (Wildman–Crippen MR) is 92.6 cm³/mol. The zero-order chi connectivity index (χ0) is 16.2. The number of rotatable bonds is 4. The molecule has 0 saturated carbocycles. The van der Waals surface area contributed by atoms with E-state index in [9.17, 15) is 4.79 Å². The fourth-order valence-electron chi connectivity index (χ4n) is 1.84. The summed E-state index contributed by atoms with van der Waals surface area (Å²) in [6.45, 7) is 6.41. The van der Waals surface area contributed by atoms with Crippen LogP contribution in [-0.2, 0) is 6.42 Å². The smallest absolute Gasteiger partial charge is 0.315 e. The number of hydrogen-bond acceptors (Lipinski definition) is 3. The summed E-state index contributed by atoms with van der Waals surface area (Å²) < 4.78 is 0. The van der Waals surface area contributed by atoms with Crippen LogP contribution in [-0.4, -0.2) is 23.1 Å². The molecule has 2 aromatic rings. The van der Waals surface area contributed by atoms with Crippen molar-refractivity contribution in [2.24, 2.45) is 0 Å². The molecular weight excluding hydrogens is 318 g/mol. The molecule has 1 aromatic heterocycles. The van der Waals surface area contributed by atoms with Gasteiger partial charge in [0.15, 0.2) is 0 Å². The summed E-state index contributed by atoms with van der Waals surface area (Å²) in [7, 11) is 0. The van der Waals surface area contributed by atoms with Gasteiger partial charge in [-0.2, -0.15) is 0 Å². The molecular formula is C16H20ClN3OS. The molecule has 0 unspecified atom stereocenters. The first-order valence-corrected chi connectivity index (χ1v) is 8.35. The van der Waals surface area contributed by atoms with E-state index in [1.165, 1.54) is 0 Å². The lowest BCUT2D eigenvalue weighted by molar-refractivity contribution is 0.232. The fourth-order valence-corrected chi connectivity index (χ4v) is 2.82. The Morgan fingerprint density at radius 2 is 1.95 bits per heavy atom. The van der Waals surface area contributed by atoms with Crippen LogP contribution >= 0.6 is 22.9 Å². The van der Waals surface area contributed by atoms with Crippen LogP contribution in [0, 0.1) is 0 Å². The van der Waals surface area contributed by atoms with Crippen molar-refractivity contribution < 1.29 is 4.79 Å². The molecule has 22 heavy (non-hydrogen) atoms. The Kier molecular flexibility index (Phi) is 5.42. The second-order valence-corrected chi connectivity index (χ2v) is 7.33. The van der Waals surface area contributed by atoms with Crippen LogP contribution in [0.5, 0.6) is 0 Å². The second-order valence-electron chi connectivity index (χ2n) is 6.03. The van der Waals surface area contributed by atoms with Gasteiger partial charge >= 0.3 is 6.03 Å². The molecule has 0 fully saturated rings. The van der Waals surface area contributed by atoms with Crippen molar-refractivity contribution in [1.82, 2.24) is 15.6 Å². The van der Waals surface area contributed by atoms with E-state index in [-0.39, 0.29) is 11.6 Å².